The highest BCUT2D eigenvalue weighted by atomic mass is 16.6. The number of esters is 1. The van der Waals surface area contributed by atoms with Crippen LogP contribution in [0.2, 0.25) is 0 Å². The van der Waals surface area contributed by atoms with Gasteiger partial charge in [-0.25, -0.2) is 0 Å². The number of aliphatic hydroxyl groups excluding tert-OH is 2. The van der Waals surface area contributed by atoms with E-state index in [0.717, 1.165) is 24.8 Å². The lowest BCUT2D eigenvalue weighted by molar-refractivity contribution is -0.153. The number of allylic oxidation sites excluding steroid dienone is 3. The highest BCUT2D eigenvalue weighted by Gasteiger charge is 2.68. The highest BCUT2D eigenvalue weighted by Crippen LogP contribution is 2.67. The van der Waals surface area contributed by atoms with E-state index in [0.29, 0.717) is 18.3 Å². The van der Waals surface area contributed by atoms with Gasteiger partial charge in [0.2, 0.25) is 0 Å². The number of aliphatic hydroxyl groups is 2. The van der Waals surface area contributed by atoms with Crippen LogP contribution in [0.1, 0.15) is 52.4 Å². The van der Waals surface area contributed by atoms with Crippen molar-refractivity contribution in [2.24, 2.45) is 28.6 Å². The van der Waals surface area contributed by atoms with E-state index in [-0.39, 0.29) is 17.3 Å². The van der Waals surface area contributed by atoms with Gasteiger partial charge < -0.3 is 14.9 Å². The number of carbonyl (C=O) groups excluding carboxylic acids is 1. The number of carbonyl (C=O) groups is 1. The summed E-state index contributed by atoms with van der Waals surface area (Å²) in [6.45, 7) is 4.58. The van der Waals surface area contributed by atoms with Gasteiger partial charge in [0.05, 0.1) is 5.41 Å². The number of hydrogen-bond donors (Lipinski definition) is 2. The second-order valence-corrected chi connectivity index (χ2v) is 9.14. The van der Waals surface area contributed by atoms with Crippen molar-refractivity contribution in [1.29, 1.82) is 0 Å². The first-order chi connectivity index (χ1) is 11.9. The fraction of sp³-hybridized carbons (Fsp3) is 0.762. The predicted octanol–water partition coefficient (Wildman–Crippen LogP) is 2.74. The van der Waals surface area contributed by atoms with Crippen LogP contribution in [0.3, 0.4) is 0 Å². The predicted molar refractivity (Wildman–Crippen MR) is 92.4 cm³/mol. The van der Waals surface area contributed by atoms with E-state index in [1.165, 1.54) is 12.8 Å². The molecule has 1 heterocycles. The van der Waals surface area contributed by atoms with Gasteiger partial charge >= 0.3 is 5.97 Å². The van der Waals surface area contributed by atoms with Crippen LogP contribution >= 0.6 is 0 Å². The third-order valence-corrected chi connectivity index (χ3v) is 8.56. The van der Waals surface area contributed by atoms with Gasteiger partial charge in [0.15, 0.2) is 0 Å². The van der Waals surface area contributed by atoms with Gasteiger partial charge in [-0.2, -0.15) is 0 Å². The third-order valence-electron chi connectivity index (χ3n) is 8.56. The first-order valence-electron chi connectivity index (χ1n) is 9.87. The van der Waals surface area contributed by atoms with Crippen molar-refractivity contribution in [1.82, 2.24) is 0 Å². The number of ether oxygens (including phenoxy) is 1. The van der Waals surface area contributed by atoms with E-state index in [4.69, 9.17) is 4.74 Å². The highest BCUT2D eigenvalue weighted by molar-refractivity contribution is 5.85. The molecule has 0 aromatic heterocycles. The third kappa shape index (κ3) is 1.73. The number of rotatable bonds is 0. The topological polar surface area (TPSA) is 66.8 Å². The molecular formula is C21H28O4. The van der Waals surface area contributed by atoms with Crippen molar-refractivity contribution in [3.63, 3.8) is 0 Å². The number of hydrogen-bond acceptors (Lipinski definition) is 4. The molecule has 4 heteroatoms. The van der Waals surface area contributed by atoms with Gasteiger partial charge in [-0.3, -0.25) is 4.79 Å². The summed E-state index contributed by atoms with van der Waals surface area (Å²) in [4.78, 5) is 13.0. The summed E-state index contributed by atoms with van der Waals surface area (Å²) >= 11 is 0. The Bertz CT molecular complexity index is 694. The van der Waals surface area contributed by atoms with Crippen molar-refractivity contribution in [2.45, 2.75) is 70.7 Å². The standard InChI is InChI=1S/C21H28O4/c1-3-11-4-6-13-12-5-7-15-17(22)18(23)16-10-21(15,19(24)25-16)14(12)8-9-20(11,13)2/h3,7,12-14,16-18,22-23H,4-6,8-10H2,1-2H3/b11-3+/t12?,13?,14?,16-,17+,18-,20+,21-/m0/s1. The molecule has 2 N–H and O–H groups in total. The van der Waals surface area contributed by atoms with Crippen LogP contribution in [0.15, 0.2) is 23.3 Å². The fourth-order valence-corrected chi connectivity index (χ4v) is 7.40. The molecule has 0 aromatic carbocycles. The minimum Gasteiger partial charge on any atom is -0.459 e. The summed E-state index contributed by atoms with van der Waals surface area (Å²) in [5.74, 6) is 1.15. The van der Waals surface area contributed by atoms with Crippen LogP contribution in [0, 0.1) is 28.6 Å². The second-order valence-electron chi connectivity index (χ2n) is 9.14. The second kappa shape index (κ2) is 4.98. The Hall–Kier alpha value is -1.13. The Balaban J connectivity index is 1.60. The van der Waals surface area contributed by atoms with Gasteiger partial charge in [-0.15, -0.1) is 0 Å². The van der Waals surface area contributed by atoms with Crippen molar-refractivity contribution in [3.05, 3.63) is 23.3 Å². The van der Waals surface area contributed by atoms with E-state index in [9.17, 15) is 15.0 Å². The Morgan fingerprint density at radius 3 is 2.84 bits per heavy atom. The molecular weight excluding hydrogens is 316 g/mol. The molecule has 4 nitrogen and oxygen atoms in total. The van der Waals surface area contributed by atoms with Gasteiger partial charge in [0, 0.05) is 6.42 Å². The molecule has 0 radical (unpaired) electrons. The first kappa shape index (κ1) is 16.1. The zero-order valence-corrected chi connectivity index (χ0v) is 15.1. The lowest BCUT2D eigenvalue weighted by Crippen LogP contribution is -2.56. The molecule has 8 atom stereocenters. The summed E-state index contributed by atoms with van der Waals surface area (Å²) in [5.41, 5.74) is 1.95. The van der Waals surface area contributed by atoms with Crippen LogP contribution in [-0.2, 0) is 9.53 Å². The smallest absolute Gasteiger partial charge is 0.317 e. The molecule has 0 amide bonds. The van der Waals surface area contributed by atoms with Crippen LogP contribution < -0.4 is 0 Å². The normalized spacial score (nSPS) is 55.3. The van der Waals surface area contributed by atoms with Crippen molar-refractivity contribution in [2.75, 3.05) is 0 Å². The largest absolute Gasteiger partial charge is 0.459 e. The minimum atomic E-state index is -0.975. The van der Waals surface area contributed by atoms with Gasteiger partial charge in [0.25, 0.3) is 0 Å². The summed E-state index contributed by atoms with van der Waals surface area (Å²) in [6, 6.07) is 0. The van der Waals surface area contributed by atoms with Crippen LogP contribution in [0.25, 0.3) is 0 Å². The summed E-state index contributed by atoms with van der Waals surface area (Å²) in [7, 11) is 0. The SMILES string of the molecule is C/C=C1\CCC2C3CC=C4[C@@H](O)[C@@H](O)[C@@H]5C[C@]4(C(=O)O5)C3CC[C@]12C. The average Bonchev–Trinajstić information content (AvgIpc) is 3.09. The van der Waals surface area contributed by atoms with E-state index in [1.807, 2.05) is 0 Å². The maximum absolute atomic E-state index is 13.0. The molecule has 0 aromatic rings. The van der Waals surface area contributed by atoms with E-state index in [2.05, 4.69) is 26.0 Å². The molecule has 3 unspecified atom stereocenters. The molecule has 1 spiro atoms. The molecule has 5 rings (SSSR count). The molecule has 136 valence electrons. The van der Waals surface area contributed by atoms with E-state index in [1.54, 1.807) is 5.57 Å². The summed E-state index contributed by atoms with van der Waals surface area (Å²) in [5, 5.41) is 20.9. The lowest BCUT2D eigenvalue weighted by Gasteiger charge is -2.55. The molecule has 1 saturated heterocycles. The van der Waals surface area contributed by atoms with Crippen LogP contribution in [0.4, 0.5) is 0 Å². The van der Waals surface area contributed by atoms with Crippen molar-refractivity contribution < 1.29 is 19.7 Å². The summed E-state index contributed by atoms with van der Waals surface area (Å²) < 4.78 is 5.55. The Morgan fingerprint density at radius 1 is 1.28 bits per heavy atom. The van der Waals surface area contributed by atoms with E-state index >= 15 is 0 Å². The van der Waals surface area contributed by atoms with Crippen LogP contribution in [0.5, 0.6) is 0 Å². The van der Waals surface area contributed by atoms with Gasteiger partial charge in [0.1, 0.15) is 18.3 Å². The number of fused-ring (bicyclic) bond motifs is 4. The maximum atomic E-state index is 13.0. The monoisotopic (exact) mass is 344 g/mol. The molecule has 2 bridgehead atoms. The molecule has 5 aliphatic rings. The average molecular weight is 344 g/mol. The minimum absolute atomic E-state index is 0.193. The van der Waals surface area contributed by atoms with Gasteiger partial charge in [-0.05, 0) is 67.8 Å². The summed E-state index contributed by atoms with van der Waals surface area (Å²) in [6.07, 6.45) is 7.91. The van der Waals surface area contributed by atoms with Crippen LogP contribution in [-0.4, -0.2) is 34.5 Å². The van der Waals surface area contributed by atoms with Crippen molar-refractivity contribution in [3.8, 4) is 0 Å². The molecule has 4 fully saturated rings. The molecule has 4 aliphatic carbocycles. The lowest BCUT2D eigenvalue weighted by atomic mass is 9.47. The Labute approximate surface area is 148 Å². The van der Waals surface area contributed by atoms with Gasteiger partial charge in [-0.1, -0.05) is 24.6 Å². The zero-order chi connectivity index (χ0) is 17.6. The first-order valence-corrected chi connectivity index (χ1v) is 9.87. The molecule has 3 saturated carbocycles. The van der Waals surface area contributed by atoms with E-state index < -0.39 is 23.7 Å². The maximum Gasteiger partial charge on any atom is 0.317 e. The van der Waals surface area contributed by atoms with Crippen molar-refractivity contribution >= 4 is 5.97 Å². The molecule has 25 heavy (non-hydrogen) atoms. The fourth-order valence-electron chi connectivity index (χ4n) is 7.40. The Kier molecular flexibility index (Phi) is 3.20. The molecule has 1 aliphatic heterocycles. The quantitative estimate of drug-likeness (QED) is 0.524. The zero-order valence-electron chi connectivity index (χ0n) is 15.1. The Morgan fingerprint density at radius 2 is 2.08 bits per heavy atom.